The zero-order valence-corrected chi connectivity index (χ0v) is 14.6. The molecule has 24 heavy (non-hydrogen) atoms. The van der Waals surface area contributed by atoms with Crippen LogP contribution in [-0.2, 0) is 9.53 Å². The molecular weight excluding hydrogens is 324 g/mol. The lowest BCUT2D eigenvalue weighted by Crippen LogP contribution is -2.25. The molecule has 1 atom stereocenters. The van der Waals surface area contributed by atoms with Crippen molar-refractivity contribution < 1.29 is 9.53 Å². The molecule has 4 nitrogen and oxygen atoms in total. The number of ether oxygens (including phenoxy) is 1. The molecule has 0 aromatic heterocycles. The zero-order chi connectivity index (χ0) is 17.3. The monoisotopic (exact) mass is 342 g/mol. The topological polar surface area (TPSA) is 41.9 Å². The second-order valence-corrected chi connectivity index (χ2v) is 6.45. The van der Waals surface area contributed by atoms with Crippen molar-refractivity contribution in [2.24, 2.45) is 5.10 Å². The predicted molar refractivity (Wildman–Crippen MR) is 94.9 cm³/mol. The van der Waals surface area contributed by atoms with Crippen molar-refractivity contribution in [3.8, 4) is 0 Å². The Morgan fingerprint density at radius 1 is 1.17 bits per heavy atom. The molecule has 1 unspecified atom stereocenters. The molecule has 0 fully saturated rings. The summed E-state index contributed by atoms with van der Waals surface area (Å²) in [6.45, 7) is 5.75. The number of carbonyl (C=O) groups excluding carboxylic acids is 1. The van der Waals surface area contributed by atoms with Gasteiger partial charge >= 0.3 is 0 Å². The van der Waals surface area contributed by atoms with E-state index in [0.717, 1.165) is 5.56 Å². The molecule has 1 aliphatic rings. The van der Waals surface area contributed by atoms with Gasteiger partial charge in [0.05, 0.1) is 10.6 Å². The number of rotatable bonds is 3. The van der Waals surface area contributed by atoms with Crippen molar-refractivity contribution in [1.29, 1.82) is 0 Å². The highest BCUT2D eigenvalue weighted by Gasteiger charge is 2.33. The molecule has 2 aromatic rings. The number of halogens is 1. The Labute approximate surface area is 146 Å². The summed E-state index contributed by atoms with van der Waals surface area (Å²) in [4.78, 5) is 12.0. The Bertz CT molecular complexity index is 784. The van der Waals surface area contributed by atoms with Gasteiger partial charge in [0.1, 0.15) is 0 Å². The molecule has 5 heteroatoms. The van der Waals surface area contributed by atoms with E-state index in [1.165, 1.54) is 17.5 Å². The van der Waals surface area contributed by atoms with Crippen LogP contribution in [0.25, 0.3) is 0 Å². The summed E-state index contributed by atoms with van der Waals surface area (Å²) in [6, 6.07) is 15.3. The highest BCUT2D eigenvalue weighted by molar-refractivity contribution is 6.33. The van der Waals surface area contributed by atoms with E-state index in [4.69, 9.17) is 16.3 Å². The van der Waals surface area contributed by atoms with Gasteiger partial charge in [0, 0.05) is 12.5 Å². The highest BCUT2D eigenvalue weighted by Crippen LogP contribution is 2.32. The second-order valence-electron chi connectivity index (χ2n) is 6.04. The number of nitrogens with zero attached hydrogens (tertiary/aromatic N) is 2. The van der Waals surface area contributed by atoms with Crippen LogP contribution >= 0.6 is 11.6 Å². The molecule has 0 aliphatic carbocycles. The SMILES string of the molecule is CC(=O)N1N=C(c2ccccc2Cl)OC1c1ccc(C(C)C)cc1. The molecule has 3 rings (SSSR count). The standard InChI is InChI=1S/C19H19ClN2O2/c1-12(2)14-8-10-15(11-9-14)19-22(13(3)23)21-18(24-19)16-6-4-5-7-17(16)20/h4-12,19H,1-3H3. The van der Waals surface area contributed by atoms with Crippen LogP contribution in [0.5, 0.6) is 0 Å². The first kappa shape index (κ1) is 16.5. The van der Waals surface area contributed by atoms with E-state index in [1.807, 2.05) is 30.3 Å². The van der Waals surface area contributed by atoms with Crippen LogP contribution in [0, 0.1) is 0 Å². The normalized spacial score (nSPS) is 17.0. The molecule has 0 spiro atoms. The quantitative estimate of drug-likeness (QED) is 0.811. The van der Waals surface area contributed by atoms with Crippen molar-refractivity contribution in [1.82, 2.24) is 5.01 Å². The number of hydrogen-bond acceptors (Lipinski definition) is 3. The van der Waals surface area contributed by atoms with Gasteiger partial charge in [0.2, 0.25) is 18.0 Å². The lowest BCUT2D eigenvalue weighted by molar-refractivity contribution is -0.135. The summed E-state index contributed by atoms with van der Waals surface area (Å²) in [5.74, 6) is 0.617. The Morgan fingerprint density at radius 3 is 2.42 bits per heavy atom. The fourth-order valence-electron chi connectivity index (χ4n) is 2.57. The van der Waals surface area contributed by atoms with Crippen LogP contribution < -0.4 is 0 Å². The van der Waals surface area contributed by atoms with Gasteiger partial charge in [-0.15, -0.1) is 5.10 Å². The molecule has 0 N–H and O–H groups in total. The van der Waals surface area contributed by atoms with Gasteiger partial charge in [-0.05, 0) is 23.6 Å². The van der Waals surface area contributed by atoms with E-state index >= 15 is 0 Å². The Hall–Kier alpha value is -2.33. The van der Waals surface area contributed by atoms with Gasteiger partial charge < -0.3 is 4.74 Å². The molecule has 0 radical (unpaired) electrons. The van der Waals surface area contributed by atoms with E-state index in [-0.39, 0.29) is 5.91 Å². The maximum atomic E-state index is 12.0. The van der Waals surface area contributed by atoms with Crippen LogP contribution in [0.4, 0.5) is 0 Å². The molecule has 1 amide bonds. The van der Waals surface area contributed by atoms with E-state index in [1.54, 1.807) is 6.07 Å². The van der Waals surface area contributed by atoms with E-state index < -0.39 is 6.23 Å². The molecule has 1 aliphatic heterocycles. The molecule has 0 saturated carbocycles. The van der Waals surface area contributed by atoms with Gasteiger partial charge in [-0.2, -0.15) is 5.01 Å². The van der Waals surface area contributed by atoms with Gasteiger partial charge in [-0.25, -0.2) is 0 Å². The molecule has 1 heterocycles. The summed E-state index contributed by atoms with van der Waals surface area (Å²) >= 11 is 6.22. The lowest BCUT2D eigenvalue weighted by atomic mass is 10.0. The van der Waals surface area contributed by atoms with E-state index in [9.17, 15) is 4.79 Å². The number of hydrogen-bond donors (Lipinski definition) is 0. The fraction of sp³-hybridized carbons (Fsp3) is 0.263. The van der Waals surface area contributed by atoms with Crippen molar-refractivity contribution in [3.63, 3.8) is 0 Å². The van der Waals surface area contributed by atoms with Crippen LogP contribution in [-0.4, -0.2) is 16.8 Å². The minimum absolute atomic E-state index is 0.185. The maximum absolute atomic E-state index is 12.0. The number of carbonyl (C=O) groups is 1. The summed E-state index contributed by atoms with van der Waals surface area (Å²) in [5, 5.41) is 6.22. The second kappa shape index (κ2) is 6.65. The average Bonchev–Trinajstić information content (AvgIpc) is 3.00. The van der Waals surface area contributed by atoms with Gasteiger partial charge in [0.15, 0.2) is 0 Å². The van der Waals surface area contributed by atoms with Crippen LogP contribution in [0.3, 0.4) is 0 Å². The van der Waals surface area contributed by atoms with Crippen LogP contribution in [0.1, 0.15) is 49.6 Å². The van der Waals surface area contributed by atoms with E-state index in [0.29, 0.717) is 22.4 Å². The van der Waals surface area contributed by atoms with Crippen molar-refractivity contribution >= 4 is 23.4 Å². The molecule has 0 saturated heterocycles. The van der Waals surface area contributed by atoms with Gasteiger partial charge in [0.25, 0.3) is 0 Å². The van der Waals surface area contributed by atoms with Crippen molar-refractivity contribution in [2.75, 3.05) is 0 Å². The maximum Gasteiger partial charge on any atom is 0.243 e. The zero-order valence-electron chi connectivity index (χ0n) is 13.9. The number of benzene rings is 2. The Morgan fingerprint density at radius 2 is 1.83 bits per heavy atom. The Balaban J connectivity index is 1.92. The van der Waals surface area contributed by atoms with Gasteiger partial charge in [-0.3, -0.25) is 4.79 Å². The summed E-state index contributed by atoms with van der Waals surface area (Å²) in [5.41, 5.74) is 2.78. The third-order valence-electron chi connectivity index (χ3n) is 3.96. The van der Waals surface area contributed by atoms with Crippen molar-refractivity contribution in [2.45, 2.75) is 32.9 Å². The van der Waals surface area contributed by atoms with Crippen LogP contribution in [0.2, 0.25) is 5.02 Å². The lowest BCUT2D eigenvalue weighted by Gasteiger charge is -2.20. The smallest absolute Gasteiger partial charge is 0.243 e. The summed E-state index contributed by atoms with van der Waals surface area (Å²) < 4.78 is 5.96. The minimum atomic E-state index is -0.574. The summed E-state index contributed by atoms with van der Waals surface area (Å²) in [6.07, 6.45) is -0.574. The Kier molecular flexibility index (Phi) is 4.58. The van der Waals surface area contributed by atoms with Crippen molar-refractivity contribution in [3.05, 3.63) is 70.2 Å². The first-order chi connectivity index (χ1) is 11.5. The molecule has 0 bridgehead atoms. The number of amides is 1. The predicted octanol–water partition coefficient (Wildman–Crippen LogP) is 4.70. The minimum Gasteiger partial charge on any atom is -0.446 e. The number of hydrazone groups is 1. The fourth-order valence-corrected chi connectivity index (χ4v) is 2.79. The molecule has 124 valence electrons. The van der Waals surface area contributed by atoms with Gasteiger partial charge in [-0.1, -0.05) is 61.8 Å². The van der Waals surface area contributed by atoms with Crippen LogP contribution in [0.15, 0.2) is 53.6 Å². The first-order valence-electron chi connectivity index (χ1n) is 7.87. The third kappa shape index (κ3) is 3.15. The third-order valence-corrected chi connectivity index (χ3v) is 4.29. The average molecular weight is 343 g/mol. The first-order valence-corrected chi connectivity index (χ1v) is 8.25. The largest absolute Gasteiger partial charge is 0.446 e. The summed E-state index contributed by atoms with van der Waals surface area (Å²) in [7, 11) is 0. The molecule has 2 aromatic carbocycles. The molecular formula is C19H19ClN2O2. The highest BCUT2D eigenvalue weighted by atomic mass is 35.5. The van der Waals surface area contributed by atoms with E-state index in [2.05, 4.69) is 31.1 Å².